The van der Waals surface area contributed by atoms with Gasteiger partial charge in [-0.3, -0.25) is 0 Å². The summed E-state index contributed by atoms with van der Waals surface area (Å²) >= 11 is 0. The highest BCUT2D eigenvalue weighted by Crippen LogP contribution is 2.57. The molecule has 0 atom stereocenters. The Labute approximate surface area is 262 Å². The number of benzene rings is 7. The molecule has 0 bridgehead atoms. The van der Waals surface area contributed by atoms with E-state index in [0.29, 0.717) is 0 Å². The number of anilines is 2. The third kappa shape index (κ3) is 3.82. The maximum absolute atomic E-state index is 6.47. The molecule has 0 saturated carbocycles. The maximum atomic E-state index is 6.47. The second kappa shape index (κ2) is 10.1. The number of hydrogen-bond acceptors (Lipinski definition) is 2. The predicted molar refractivity (Wildman–Crippen MR) is 186 cm³/mol. The fourth-order valence-electron chi connectivity index (χ4n) is 7.52. The molecule has 0 fully saturated rings. The molecule has 1 heterocycles. The molecule has 0 radical (unpaired) electrons. The lowest BCUT2D eigenvalue weighted by Crippen LogP contribution is -2.29. The molecule has 1 aliphatic rings. The Kier molecular flexibility index (Phi) is 5.76. The minimum atomic E-state index is -0.480. The molecular weight excluding hydrogens is 546 g/mol. The zero-order chi connectivity index (χ0) is 29.8. The maximum Gasteiger partial charge on any atom is 0.137 e. The van der Waals surface area contributed by atoms with Crippen molar-refractivity contribution in [3.63, 3.8) is 0 Å². The Morgan fingerprint density at radius 1 is 0.444 bits per heavy atom. The summed E-state index contributed by atoms with van der Waals surface area (Å²) in [5.41, 5.74) is 13.3. The molecule has 1 aromatic heterocycles. The van der Waals surface area contributed by atoms with Crippen LogP contribution >= 0.6 is 0 Å². The third-order valence-corrected chi connectivity index (χ3v) is 9.35. The van der Waals surface area contributed by atoms with Gasteiger partial charge < -0.3 is 9.73 Å². The largest absolute Gasteiger partial charge is 0.456 e. The van der Waals surface area contributed by atoms with E-state index >= 15 is 0 Å². The van der Waals surface area contributed by atoms with E-state index in [9.17, 15) is 0 Å². The van der Waals surface area contributed by atoms with Gasteiger partial charge >= 0.3 is 0 Å². The van der Waals surface area contributed by atoms with Crippen LogP contribution in [0.5, 0.6) is 0 Å². The van der Waals surface area contributed by atoms with Crippen molar-refractivity contribution in [3.8, 4) is 22.3 Å². The van der Waals surface area contributed by atoms with Crippen molar-refractivity contribution in [2.75, 3.05) is 5.32 Å². The zero-order valence-corrected chi connectivity index (χ0v) is 24.6. The fourth-order valence-corrected chi connectivity index (χ4v) is 7.52. The van der Waals surface area contributed by atoms with Crippen LogP contribution in [-0.4, -0.2) is 0 Å². The van der Waals surface area contributed by atoms with Gasteiger partial charge in [-0.05, 0) is 68.8 Å². The molecule has 1 N–H and O–H groups in total. The van der Waals surface area contributed by atoms with Crippen LogP contribution in [0.1, 0.15) is 22.3 Å². The third-order valence-electron chi connectivity index (χ3n) is 9.35. The molecule has 2 nitrogen and oxygen atoms in total. The van der Waals surface area contributed by atoms with Crippen molar-refractivity contribution in [1.82, 2.24) is 0 Å². The Hall–Kier alpha value is -5.86. The first-order valence-corrected chi connectivity index (χ1v) is 15.4. The lowest BCUT2D eigenvalue weighted by molar-refractivity contribution is 0.669. The van der Waals surface area contributed by atoms with E-state index in [1.807, 2.05) is 0 Å². The highest BCUT2D eigenvalue weighted by atomic mass is 16.3. The van der Waals surface area contributed by atoms with Crippen molar-refractivity contribution in [2.45, 2.75) is 5.41 Å². The first-order chi connectivity index (χ1) is 22.3. The highest BCUT2D eigenvalue weighted by Gasteiger charge is 2.46. The van der Waals surface area contributed by atoms with Crippen molar-refractivity contribution >= 4 is 33.3 Å². The summed E-state index contributed by atoms with van der Waals surface area (Å²) in [4.78, 5) is 0. The van der Waals surface area contributed by atoms with E-state index in [1.165, 1.54) is 44.5 Å². The zero-order valence-electron chi connectivity index (χ0n) is 24.6. The highest BCUT2D eigenvalue weighted by molar-refractivity contribution is 6.13. The number of furan rings is 1. The van der Waals surface area contributed by atoms with Crippen LogP contribution in [0.15, 0.2) is 174 Å². The van der Waals surface area contributed by atoms with E-state index < -0.39 is 5.41 Å². The van der Waals surface area contributed by atoms with Crippen molar-refractivity contribution in [3.05, 3.63) is 192 Å². The SMILES string of the molecule is c1ccc(-c2cccc3oc4cc(Nc5ccccc5C5(c6ccccc6)c6ccccc6-c6ccccc65)ccc4c23)cc1. The summed E-state index contributed by atoms with van der Waals surface area (Å²) in [6, 6.07) is 60.7. The molecule has 212 valence electrons. The van der Waals surface area contributed by atoms with Gasteiger partial charge in [0.25, 0.3) is 0 Å². The van der Waals surface area contributed by atoms with E-state index in [1.54, 1.807) is 0 Å². The summed E-state index contributed by atoms with van der Waals surface area (Å²) in [5.74, 6) is 0. The van der Waals surface area contributed by atoms with E-state index in [0.717, 1.165) is 33.3 Å². The second-order valence-corrected chi connectivity index (χ2v) is 11.7. The average molecular weight is 576 g/mol. The van der Waals surface area contributed by atoms with Gasteiger partial charge in [-0.25, -0.2) is 0 Å². The Morgan fingerprint density at radius 2 is 1.04 bits per heavy atom. The van der Waals surface area contributed by atoms with Crippen molar-refractivity contribution < 1.29 is 4.42 Å². The molecule has 8 aromatic rings. The topological polar surface area (TPSA) is 25.2 Å². The molecule has 0 spiro atoms. The smallest absolute Gasteiger partial charge is 0.137 e. The average Bonchev–Trinajstić information content (AvgIpc) is 3.63. The van der Waals surface area contributed by atoms with Crippen LogP contribution in [0.3, 0.4) is 0 Å². The Balaban J connectivity index is 1.22. The van der Waals surface area contributed by atoms with Crippen LogP contribution in [-0.2, 0) is 5.41 Å². The van der Waals surface area contributed by atoms with E-state index in [4.69, 9.17) is 4.42 Å². The molecule has 45 heavy (non-hydrogen) atoms. The van der Waals surface area contributed by atoms with Crippen LogP contribution < -0.4 is 5.32 Å². The standard InChI is InChI=1S/C43H29NO/c1-3-14-29(15-4-1)32-20-13-25-40-42(32)35-27-26-31(28-41(35)45-40)44-39-24-12-11-23-38(39)43(30-16-5-2-6-17-30)36-21-9-7-18-33(36)34-19-8-10-22-37(34)43/h1-28,44H. The first kappa shape index (κ1) is 25.6. The van der Waals surface area contributed by atoms with Crippen LogP contribution in [0, 0.1) is 0 Å². The minimum Gasteiger partial charge on any atom is -0.456 e. The van der Waals surface area contributed by atoms with Gasteiger partial charge in [0.05, 0.1) is 5.41 Å². The summed E-state index contributed by atoms with van der Waals surface area (Å²) in [5, 5.41) is 6.09. The molecule has 0 saturated heterocycles. The van der Waals surface area contributed by atoms with Gasteiger partial charge in [0.1, 0.15) is 11.2 Å². The summed E-state index contributed by atoms with van der Waals surface area (Å²) in [6.45, 7) is 0. The van der Waals surface area contributed by atoms with Gasteiger partial charge in [-0.2, -0.15) is 0 Å². The number of fused-ring (bicyclic) bond motifs is 6. The van der Waals surface area contributed by atoms with Crippen LogP contribution in [0.25, 0.3) is 44.2 Å². The fraction of sp³-hybridized carbons (Fsp3) is 0.0233. The van der Waals surface area contributed by atoms with Gasteiger partial charge in [0, 0.05) is 28.2 Å². The summed E-state index contributed by atoms with van der Waals surface area (Å²) in [6.07, 6.45) is 0. The molecule has 0 amide bonds. The number of nitrogens with one attached hydrogen (secondary N) is 1. The molecule has 9 rings (SSSR count). The second-order valence-electron chi connectivity index (χ2n) is 11.7. The van der Waals surface area contributed by atoms with E-state index in [-0.39, 0.29) is 0 Å². The molecule has 7 aromatic carbocycles. The monoisotopic (exact) mass is 575 g/mol. The van der Waals surface area contributed by atoms with Gasteiger partial charge in [-0.15, -0.1) is 0 Å². The predicted octanol–water partition coefficient (Wildman–Crippen LogP) is 11.4. The van der Waals surface area contributed by atoms with Crippen molar-refractivity contribution in [2.24, 2.45) is 0 Å². The van der Waals surface area contributed by atoms with Gasteiger partial charge in [0.15, 0.2) is 0 Å². The summed E-state index contributed by atoms with van der Waals surface area (Å²) in [7, 11) is 0. The lowest BCUT2D eigenvalue weighted by atomic mass is 9.67. The number of rotatable bonds is 5. The normalized spacial score (nSPS) is 13.1. The summed E-state index contributed by atoms with van der Waals surface area (Å²) < 4.78 is 6.47. The van der Waals surface area contributed by atoms with Crippen LogP contribution in [0.2, 0.25) is 0 Å². The number of para-hydroxylation sites is 1. The Bertz CT molecular complexity index is 2300. The van der Waals surface area contributed by atoms with Gasteiger partial charge in [0.2, 0.25) is 0 Å². The van der Waals surface area contributed by atoms with Gasteiger partial charge in [-0.1, -0.05) is 140 Å². The molecular formula is C43H29NO. The first-order valence-electron chi connectivity index (χ1n) is 15.4. The number of hydrogen-bond donors (Lipinski definition) is 1. The van der Waals surface area contributed by atoms with E-state index in [2.05, 4.69) is 175 Å². The lowest BCUT2D eigenvalue weighted by Gasteiger charge is -2.35. The molecule has 0 aliphatic heterocycles. The molecule has 0 unspecified atom stereocenters. The molecule has 1 aliphatic carbocycles. The minimum absolute atomic E-state index is 0.480. The van der Waals surface area contributed by atoms with Crippen molar-refractivity contribution in [1.29, 1.82) is 0 Å². The Morgan fingerprint density at radius 3 is 1.78 bits per heavy atom. The van der Waals surface area contributed by atoms with Crippen LogP contribution in [0.4, 0.5) is 11.4 Å². The molecule has 2 heteroatoms. The quantitative estimate of drug-likeness (QED) is 0.221.